The highest BCUT2D eigenvalue weighted by Crippen LogP contribution is 2.27. The number of carbonyl (C=O) groups is 2. The van der Waals surface area contributed by atoms with Crippen LogP contribution in [0, 0.1) is 6.92 Å². The lowest BCUT2D eigenvalue weighted by atomic mass is 10.00. The van der Waals surface area contributed by atoms with Crippen LogP contribution in [0.3, 0.4) is 0 Å². The summed E-state index contributed by atoms with van der Waals surface area (Å²) in [6, 6.07) is -0.505. The lowest BCUT2D eigenvalue weighted by Crippen LogP contribution is -2.47. The SMILES string of the molecule is CC[C@](C)(NCC(=O)NC(=O)NC)c1nc(C)cs1. The van der Waals surface area contributed by atoms with Crippen molar-refractivity contribution >= 4 is 23.3 Å². The van der Waals surface area contributed by atoms with E-state index >= 15 is 0 Å². The largest absolute Gasteiger partial charge is 0.341 e. The van der Waals surface area contributed by atoms with E-state index in [0.29, 0.717) is 0 Å². The summed E-state index contributed by atoms with van der Waals surface area (Å²) in [5.74, 6) is -0.368. The molecule has 106 valence electrons. The summed E-state index contributed by atoms with van der Waals surface area (Å²) in [5, 5.41) is 10.6. The summed E-state index contributed by atoms with van der Waals surface area (Å²) >= 11 is 1.57. The van der Waals surface area contributed by atoms with Crippen LogP contribution in [-0.2, 0) is 10.3 Å². The van der Waals surface area contributed by atoms with Crippen molar-refractivity contribution in [1.29, 1.82) is 0 Å². The minimum Gasteiger partial charge on any atom is -0.341 e. The van der Waals surface area contributed by atoms with Crippen molar-refractivity contribution in [3.05, 3.63) is 16.1 Å². The molecule has 0 fully saturated rings. The van der Waals surface area contributed by atoms with Crippen LogP contribution >= 0.6 is 11.3 Å². The monoisotopic (exact) mass is 284 g/mol. The first-order chi connectivity index (χ1) is 8.91. The van der Waals surface area contributed by atoms with E-state index < -0.39 is 6.03 Å². The second kappa shape index (κ2) is 6.63. The van der Waals surface area contributed by atoms with Gasteiger partial charge in [-0.1, -0.05) is 6.92 Å². The Morgan fingerprint density at radius 2 is 2.16 bits per heavy atom. The maximum atomic E-state index is 11.6. The Morgan fingerprint density at radius 3 is 2.63 bits per heavy atom. The van der Waals surface area contributed by atoms with Gasteiger partial charge < -0.3 is 5.32 Å². The normalized spacial score (nSPS) is 13.7. The van der Waals surface area contributed by atoms with Gasteiger partial charge in [0.2, 0.25) is 5.91 Å². The summed E-state index contributed by atoms with van der Waals surface area (Å²) < 4.78 is 0. The third kappa shape index (κ3) is 4.29. The van der Waals surface area contributed by atoms with E-state index in [1.54, 1.807) is 11.3 Å². The van der Waals surface area contributed by atoms with Crippen LogP contribution in [0.15, 0.2) is 5.38 Å². The van der Waals surface area contributed by atoms with Crippen LogP contribution in [0.4, 0.5) is 4.79 Å². The molecule has 0 aromatic carbocycles. The maximum Gasteiger partial charge on any atom is 0.321 e. The van der Waals surface area contributed by atoms with Crippen LogP contribution in [0.5, 0.6) is 0 Å². The summed E-state index contributed by atoms with van der Waals surface area (Å²) in [6.45, 7) is 6.03. The molecule has 0 aliphatic rings. The highest BCUT2D eigenvalue weighted by molar-refractivity contribution is 7.09. The van der Waals surface area contributed by atoms with Gasteiger partial charge in [0.1, 0.15) is 5.01 Å². The van der Waals surface area contributed by atoms with Crippen molar-refractivity contribution < 1.29 is 9.59 Å². The van der Waals surface area contributed by atoms with Gasteiger partial charge >= 0.3 is 6.03 Å². The lowest BCUT2D eigenvalue weighted by molar-refractivity contribution is -0.119. The molecule has 1 aromatic rings. The molecule has 7 heteroatoms. The van der Waals surface area contributed by atoms with Crippen LogP contribution in [0.1, 0.15) is 31.0 Å². The highest BCUT2D eigenvalue weighted by atomic mass is 32.1. The number of imide groups is 1. The van der Waals surface area contributed by atoms with Crippen molar-refractivity contribution in [3.8, 4) is 0 Å². The zero-order valence-corrected chi connectivity index (χ0v) is 12.5. The van der Waals surface area contributed by atoms with E-state index in [4.69, 9.17) is 0 Å². The third-order valence-corrected chi connectivity index (χ3v) is 4.14. The molecule has 0 spiro atoms. The van der Waals surface area contributed by atoms with Crippen molar-refractivity contribution in [2.75, 3.05) is 13.6 Å². The molecule has 0 bridgehead atoms. The zero-order valence-electron chi connectivity index (χ0n) is 11.7. The molecule has 1 aromatic heterocycles. The first-order valence-electron chi connectivity index (χ1n) is 6.10. The number of aryl methyl sites for hydroxylation is 1. The van der Waals surface area contributed by atoms with Gasteiger partial charge in [0.05, 0.1) is 12.1 Å². The predicted octanol–water partition coefficient (Wildman–Crippen LogP) is 1.12. The Kier molecular flexibility index (Phi) is 5.44. The molecule has 1 atom stereocenters. The standard InChI is InChI=1S/C12H20N4O2S/c1-5-12(3,10-15-8(2)7-19-10)14-6-9(17)16-11(18)13-4/h7,14H,5-6H2,1-4H3,(H2,13,16,17,18)/t12-/m0/s1. The van der Waals surface area contributed by atoms with Gasteiger partial charge in [-0.3, -0.25) is 15.4 Å². The molecule has 6 nitrogen and oxygen atoms in total. The number of nitrogens with zero attached hydrogens (tertiary/aromatic N) is 1. The Balaban J connectivity index is 2.62. The van der Waals surface area contributed by atoms with E-state index in [2.05, 4.69) is 20.9 Å². The summed E-state index contributed by atoms with van der Waals surface area (Å²) in [7, 11) is 1.46. The van der Waals surface area contributed by atoms with Crippen LogP contribution < -0.4 is 16.0 Å². The molecule has 0 saturated heterocycles. The molecule has 0 aliphatic heterocycles. The molecule has 1 heterocycles. The number of carbonyl (C=O) groups excluding carboxylic acids is 2. The second-order valence-corrected chi connectivity index (χ2v) is 5.32. The summed E-state index contributed by atoms with van der Waals surface area (Å²) in [5.41, 5.74) is 0.607. The summed E-state index contributed by atoms with van der Waals surface area (Å²) in [4.78, 5) is 27.0. The fourth-order valence-electron chi connectivity index (χ4n) is 1.47. The molecule has 19 heavy (non-hydrogen) atoms. The fraction of sp³-hybridized carbons (Fsp3) is 0.583. The molecule has 3 N–H and O–H groups in total. The number of amides is 3. The Hall–Kier alpha value is -1.47. The van der Waals surface area contributed by atoms with E-state index in [-0.39, 0.29) is 18.0 Å². The Bertz CT molecular complexity index is 460. The quantitative estimate of drug-likeness (QED) is 0.756. The highest BCUT2D eigenvalue weighted by Gasteiger charge is 2.28. The molecule has 1 rings (SSSR count). The summed E-state index contributed by atoms with van der Waals surface area (Å²) in [6.07, 6.45) is 0.799. The molecular weight excluding hydrogens is 264 g/mol. The van der Waals surface area contributed by atoms with Crippen molar-refractivity contribution in [3.63, 3.8) is 0 Å². The molecule has 0 aliphatic carbocycles. The van der Waals surface area contributed by atoms with E-state index in [9.17, 15) is 9.59 Å². The number of rotatable bonds is 5. The number of aromatic nitrogens is 1. The average molecular weight is 284 g/mol. The number of thiazole rings is 1. The van der Waals surface area contributed by atoms with Crippen molar-refractivity contribution in [1.82, 2.24) is 20.9 Å². The van der Waals surface area contributed by atoms with Crippen LogP contribution in [-0.4, -0.2) is 30.5 Å². The third-order valence-electron chi connectivity index (χ3n) is 2.92. The van der Waals surface area contributed by atoms with Crippen molar-refractivity contribution in [2.24, 2.45) is 0 Å². The first kappa shape index (κ1) is 15.6. The van der Waals surface area contributed by atoms with Crippen LogP contribution in [0.2, 0.25) is 0 Å². The van der Waals surface area contributed by atoms with Crippen molar-refractivity contribution in [2.45, 2.75) is 32.7 Å². The average Bonchev–Trinajstić information content (AvgIpc) is 2.83. The van der Waals surface area contributed by atoms with Gasteiger partial charge in [-0.05, 0) is 20.3 Å². The fourth-order valence-corrected chi connectivity index (χ4v) is 2.48. The second-order valence-electron chi connectivity index (χ2n) is 4.46. The van der Waals surface area contributed by atoms with E-state index in [1.165, 1.54) is 7.05 Å². The molecule has 3 amide bonds. The van der Waals surface area contributed by atoms with Gasteiger partial charge in [-0.15, -0.1) is 11.3 Å². The predicted molar refractivity (Wildman–Crippen MR) is 75.1 cm³/mol. The molecule has 0 unspecified atom stereocenters. The Labute approximate surface area is 117 Å². The van der Waals surface area contributed by atoms with Crippen LogP contribution in [0.25, 0.3) is 0 Å². The minimum absolute atomic E-state index is 0.0659. The van der Waals surface area contributed by atoms with Gasteiger partial charge in [0.25, 0.3) is 0 Å². The number of nitrogens with one attached hydrogen (secondary N) is 3. The van der Waals surface area contributed by atoms with Gasteiger partial charge in [0.15, 0.2) is 0 Å². The van der Waals surface area contributed by atoms with E-state index in [0.717, 1.165) is 17.1 Å². The first-order valence-corrected chi connectivity index (χ1v) is 6.98. The topological polar surface area (TPSA) is 83.1 Å². The lowest BCUT2D eigenvalue weighted by Gasteiger charge is -2.27. The molecular formula is C12H20N4O2S. The number of hydrogen-bond acceptors (Lipinski definition) is 5. The smallest absolute Gasteiger partial charge is 0.321 e. The zero-order chi connectivity index (χ0) is 14.5. The maximum absolute atomic E-state index is 11.6. The van der Waals surface area contributed by atoms with Gasteiger partial charge in [-0.25, -0.2) is 9.78 Å². The van der Waals surface area contributed by atoms with Gasteiger partial charge in [-0.2, -0.15) is 0 Å². The molecule has 0 saturated carbocycles. The molecule has 0 radical (unpaired) electrons. The van der Waals surface area contributed by atoms with Gasteiger partial charge in [0, 0.05) is 18.1 Å². The number of urea groups is 1. The minimum atomic E-state index is -0.505. The Morgan fingerprint density at radius 1 is 1.47 bits per heavy atom. The van der Waals surface area contributed by atoms with E-state index in [1.807, 2.05) is 26.2 Å². The number of hydrogen-bond donors (Lipinski definition) is 3.